The van der Waals surface area contributed by atoms with Crippen LogP contribution in [0.3, 0.4) is 0 Å². The van der Waals surface area contributed by atoms with Crippen LogP contribution < -0.4 is 10.6 Å². The van der Waals surface area contributed by atoms with Crippen molar-refractivity contribution in [2.75, 3.05) is 37.8 Å². The minimum absolute atomic E-state index is 0.0931. The number of carbonyl (C=O) groups is 1. The summed E-state index contributed by atoms with van der Waals surface area (Å²) < 4.78 is 0. The molecule has 1 aromatic carbocycles. The third-order valence-electron chi connectivity index (χ3n) is 3.38. The minimum Gasteiger partial charge on any atom is -0.399 e. The number of nitrogens with zero attached hydrogens (tertiary/aromatic N) is 2. The van der Waals surface area contributed by atoms with Crippen molar-refractivity contribution in [2.24, 2.45) is 5.92 Å². The van der Waals surface area contributed by atoms with Gasteiger partial charge in [-0.15, -0.1) is 0 Å². The summed E-state index contributed by atoms with van der Waals surface area (Å²) in [6.07, 6.45) is 1.13. The molecule has 0 radical (unpaired) electrons. The van der Waals surface area contributed by atoms with E-state index in [2.05, 4.69) is 18.7 Å². The van der Waals surface area contributed by atoms with Crippen LogP contribution in [0.1, 0.15) is 20.3 Å². The number of nitrogens with two attached hydrogens (primary N) is 1. The zero-order valence-corrected chi connectivity index (χ0v) is 12.4. The van der Waals surface area contributed by atoms with Crippen LogP contribution in [0.5, 0.6) is 0 Å². The minimum atomic E-state index is 0.0931. The summed E-state index contributed by atoms with van der Waals surface area (Å²) in [7, 11) is 3.78. The van der Waals surface area contributed by atoms with Gasteiger partial charge in [0.05, 0.1) is 6.54 Å². The third kappa shape index (κ3) is 4.91. The highest BCUT2D eigenvalue weighted by Crippen LogP contribution is 2.15. The number of carbonyl (C=O) groups excluding carboxylic acids is 1. The number of likely N-dealkylation sites (N-methyl/N-ethyl adjacent to an activating group) is 2. The molecule has 4 nitrogen and oxygen atoms in total. The summed E-state index contributed by atoms with van der Waals surface area (Å²) in [5.74, 6) is 0.704. The Hall–Kier alpha value is -1.55. The molecule has 2 N–H and O–H groups in total. The summed E-state index contributed by atoms with van der Waals surface area (Å²) >= 11 is 0. The molecule has 1 aromatic rings. The Morgan fingerprint density at radius 1 is 1.26 bits per heavy atom. The van der Waals surface area contributed by atoms with Gasteiger partial charge in [0.2, 0.25) is 5.91 Å². The highest BCUT2D eigenvalue weighted by atomic mass is 16.2. The van der Waals surface area contributed by atoms with Gasteiger partial charge in [-0.05, 0) is 37.2 Å². The van der Waals surface area contributed by atoms with Gasteiger partial charge < -0.3 is 10.6 Å². The molecular formula is C15H25N3O. The standard InChI is InChI=1S/C15H25N3O/c1-5-12(2)10-17(3)11-15(19)18(4)14-8-6-13(16)7-9-14/h6-9,12H,5,10-11,16H2,1-4H3. The maximum atomic E-state index is 12.2. The van der Waals surface area contributed by atoms with Gasteiger partial charge in [-0.1, -0.05) is 20.3 Å². The molecular weight excluding hydrogens is 238 g/mol. The van der Waals surface area contributed by atoms with Crippen LogP contribution in [0.25, 0.3) is 0 Å². The van der Waals surface area contributed by atoms with Gasteiger partial charge in [-0.25, -0.2) is 0 Å². The van der Waals surface area contributed by atoms with E-state index in [1.807, 2.05) is 31.3 Å². The second kappa shape index (κ2) is 7.14. The zero-order valence-electron chi connectivity index (χ0n) is 12.4. The molecule has 0 saturated carbocycles. The number of rotatable bonds is 6. The van der Waals surface area contributed by atoms with E-state index in [1.165, 1.54) is 0 Å². The highest BCUT2D eigenvalue weighted by Gasteiger charge is 2.14. The Morgan fingerprint density at radius 2 is 1.84 bits per heavy atom. The van der Waals surface area contributed by atoms with Crippen molar-refractivity contribution in [3.8, 4) is 0 Å². The first-order valence-electron chi connectivity index (χ1n) is 6.74. The van der Waals surface area contributed by atoms with Gasteiger partial charge in [0.1, 0.15) is 0 Å². The molecule has 4 heteroatoms. The average molecular weight is 263 g/mol. The molecule has 0 aliphatic carbocycles. The number of hydrogen-bond donors (Lipinski definition) is 1. The topological polar surface area (TPSA) is 49.6 Å². The molecule has 0 aliphatic rings. The van der Waals surface area contributed by atoms with Crippen molar-refractivity contribution < 1.29 is 4.79 Å². The van der Waals surface area contributed by atoms with Crippen molar-refractivity contribution in [3.05, 3.63) is 24.3 Å². The number of anilines is 2. The summed E-state index contributed by atoms with van der Waals surface area (Å²) in [6, 6.07) is 7.34. The van der Waals surface area contributed by atoms with E-state index >= 15 is 0 Å². The van der Waals surface area contributed by atoms with Crippen molar-refractivity contribution >= 4 is 17.3 Å². The molecule has 0 aliphatic heterocycles. The number of nitrogen functional groups attached to an aromatic ring is 1. The van der Waals surface area contributed by atoms with Crippen LogP contribution in [0.4, 0.5) is 11.4 Å². The van der Waals surface area contributed by atoms with Gasteiger partial charge in [0, 0.05) is 25.0 Å². The van der Waals surface area contributed by atoms with E-state index in [1.54, 1.807) is 11.9 Å². The maximum Gasteiger partial charge on any atom is 0.240 e. The Morgan fingerprint density at radius 3 is 2.37 bits per heavy atom. The second-order valence-electron chi connectivity index (χ2n) is 5.25. The summed E-state index contributed by atoms with van der Waals surface area (Å²) in [4.78, 5) is 15.9. The molecule has 0 aromatic heterocycles. The van der Waals surface area contributed by atoms with Crippen LogP contribution in [0.2, 0.25) is 0 Å². The average Bonchev–Trinajstić information content (AvgIpc) is 2.38. The quantitative estimate of drug-likeness (QED) is 0.801. The fourth-order valence-electron chi connectivity index (χ4n) is 1.90. The van der Waals surface area contributed by atoms with Crippen molar-refractivity contribution in [1.29, 1.82) is 0 Å². The Kier molecular flexibility index (Phi) is 5.83. The van der Waals surface area contributed by atoms with Gasteiger partial charge in [-0.3, -0.25) is 9.69 Å². The SMILES string of the molecule is CCC(C)CN(C)CC(=O)N(C)c1ccc(N)cc1. The lowest BCUT2D eigenvalue weighted by Gasteiger charge is -2.23. The fourth-order valence-corrected chi connectivity index (χ4v) is 1.90. The first kappa shape index (κ1) is 15.5. The van der Waals surface area contributed by atoms with Crippen LogP contribution in [0.15, 0.2) is 24.3 Å². The lowest BCUT2D eigenvalue weighted by atomic mass is 10.1. The predicted molar refractivity (Wildman–Crippen MR) is 81.2 cm³/mol. The molecule has 1 atom stereocenters. The first-order chi connectivity index (χ1) is 8.93. The molecule has 0 fully saturated rings. The van der Waals surface area contributed by atoms with Crippen molar-refractivity contribution in [1.82, 2.24) is 4.90 Å². The summed E-state index contributed by atoms with van der Waals surface area (Å²) in [5.41, 5.74) is 7.22. The van der Waals surface area contributed by atoms with E-state index < -0.39 is 0 Å². The van der Waals surface area contributed by atoms with Crippen LogP contribution in [-0.4, -0.2) is 38.0 Å². The molecule has 1 amide bonds. The molecule has 106 valence electrons. The number of hydrogen-bond acceptors (Lipinski definition) is 3. The third-order valence-corrected chi connectivity index (χ3v) is 3.38. The number of amides is 1. The van der Waals surface area contributed by atoms with Gasteiger partial charge in [0.25, 0.3) is 0 Å². The Labute approximate surface area is 116 Å². The van der Waals surface area contributed by atoms with E-state index in [9.17, 15) is 4.79 Å². The van der Waals surface area contributed by atoms with Crippen LogP contribution in [-0.2, 0) is 4.79 Å². The smallest absolute Gasteiger partial charge is 0.240 e. The molecule has 0 saturated heterocycles. The van der Waals surface area contributed by atoms with Crippen LogP contribution >= 0.6 is 0 Å². The highest BCUT2D eigenvalue weighted by molar-refractivity contribution is 5.94. The monoisotopic (exact) mass is 263 g/mol. The predicted octanol–water partition coefficient (Wildman–Crippen LogP) is 2.21. The van der Waals surface area contributed by atoms with E-state index in [4.69, 9.17) is 5.73 Å². The molecule has 1 rings (SSSR count). The first-order valence-corrected chi connectivity index (χ1v) is 6.74. The summed E-state index contributed by atoms with van der Waals surface area (Å²) in [6.45, 7) is 5.74. The van der Waals surface area contributed by atoms with Crippen molar-refractivity contribution in [3.63, 3.8) is 0 Å². The molecule has 1 unspecified atom stereocenters. The lowest BCUT2D eigenvalue weighted by molar-refractivity contribution is -0.119. The van der Waals surface area contributed by atoms with Crippen LogP contribution in [0, 0.1) is 5.92 Å². The molecule has 0 spiro atoms. The maximum absolute atomic E-state index is 12.2. The molecule has 19 heavy (non-hydrogen) atoms. The fraction of sp³-hybridized carbons (Fsp3) is 0.533. The lowest BCUT2D eigenvalue weighted by Crippen LogP contribution is -2.38. The van der Waals surface area contributed by atoms with Gasteiger partial charge >= 0.3 is 0 Å². The van der Waals surface area contributed by atoms with Gasteiger partial charge in [-0.2, -0.15) is 0 Å². The van der Waals surface area contributed by atoms with E-state index in [0.29, 0.717) is 18.2 Å². The van der Waals surface area contributed by atoms with Gasteiger partial charge in [0.15, 0.2) is 0 Å². The Bertz CT molecular complexity index is 402. The molecule has 0 heterocycles. The molecule has 0 bridgehead atoms. The van der Waals surface area contributed by atoms with Crippen molar-refractivity contribution in [2.45, 2.75) is 20.3 Å². The largest absolute Gasteiger partial charge is 0.399 e. The normalized spacial score (nSPS) is 12.5. The van der Waals surface area contributed by atoms with E-state index in [0.717, 1.165) is 18.7 Å². The zero-order chi connectivity index (χ0) is 14.4. The second-order valence-corrected chi connectivity index (χ2v) is 5.25. The summed E-state index contributed by atoms with van der Waals surface area (Å²) in [5, 5.41) is 0. The van der Waals surface area contributed by atoms with E-state index in [-0.39, 0.29) is 5.91 Å². The Balaban J connectivity index is 2.55. The number of benzene rings is 1.